The predicted octanol–water partition coefficient (Wildman–Crippen LogP) is 1.54. The molecule has 1 amide bonds. The second-order valence-corrected chi connectivity index (χ2v) is 5.95. The zero-order valence-corrected chi connectivity index (χ0v) is 13.8. The highest BCUT2D eigenvalue weighted by Gasteiger charge is 2.34. The minimum atomic E-state index is -4.52. The monoisotopic (exact) mass is 357 g/mol. The molecule has 0 spiro atoms. The van der Waals surface area contributed by atoms with Crippen LogP contribution in [0.1, 0.15) is 23.3 Å². The third-order valence-electron chi connectivity index (χ3n) is 3.97. The molecule has 1 fully saturated rings. The van der Waals surface area contributed by atoms with E-state index in [1.54, 1.807) is 4.90 Å². The average Bonchev–Trinajstić information content (AvgIpc) is 3.13. The summed E-state index contributed by atoms with van der Waals surface area (Å²) in [6, 6.07) is 0.853. The molecular formula is C15H18F3N5O2. The Morgan fingerprint density at radius 2 is 2.20 bits per heavy atom. The van der Waals surface area contributed by atoms with Crippen LogP contribution >= 0.6 is 0 Å². The minimum Gasteiger partial charge on any atom is -0.367 e. The van der Waals surface area contributed by atoms with Gasteiger partial charge in [0, 0.05) is 26.0 Å². The highest BCUT2D eigenvalue weighted by molar-refractivity contribution is 5.76. The van der Waals surface area contributed by atoms with Crippen molar-refractivity contribution in [3.05, 3.63) is 35.7 Å². The number of ether oxygens (including phenoxy) is 1. The van der Waals surface area contributed by atoms with E-state index in [4.69, 9.17) is 4.74 Å². The molecule has 7 nitrogen and oxygen atoms in total. The lowest BCUT2D eigenvalue weighted by Crippen LogP contribution is -2.44. The minimum absolute atomic E-state index is 0.248. The molecule has 2 aromatic rings. The molecule has 0 bridgehead atoms. The fourth-order valence-corrected chi connectivity index (χ4v) is 2.81. The largest absolute Gasteiger partial charge is 0.435 e. The molecule has 25 heavy (non-hydrogen) atoms. The fraction of sp³-hybridized carbons (Fsp3) is 0.533. The summed E-state index contributed by atoms with van der Waals surface area (Å²) in [4.78, 5) is 18.4. The first-order chi connectivity index (χ1) is 11.7. The molecule has 2 aromatic heterocycles. The number of nitrogens with zero attached hydrogens (tertiary/aromatic N) is 5. The van der Waals surface area contributed by atoms with Crippen molar-refractivity contribution in [3.63, 3.8) is 0 Å². The molecule has 1 atom stereocenters. The maximum Gasteiger partial charge on any atom is 0.435 e. The normalized spacial score (nSPS) is 18.6. The van der Waals surface area contributed by atoms with Crippen molar-refractivity contribution < 1.29 is 22.7 Å². The topological polar surface area (TPSA) is 65.2 Å². The van der Waals surface area contributed by atoms with Crippen molar-refractivity contribution in [1.82, 2.24) is 24.2 Å². The number of aromatic nitrogens is 4. The van der Waals surface area contributed by atoms with Crippen molar-refractivity contribution >= 4 is 5.91 Å². The summed E-state index contributed by atoms with van der Waals surface area (Å²) in [7, 11) is 1.85. The van der Waals surface area contributed by atoms with E-state index in [2.05, 4.69) is 10.1 Å². The van der Waals surface area contributed by atoms with Gasteiger partial charge in [0.2, 0.25) is 5.91 Å². The van der Waals surface area contributed by atoms with Crippen LogP contribution in [0.15, 0.2) is 18.5 Å². The van der Waals surface area contributed by atoms with Gasteiger partial charge in [-0.1, -0.05) is 0 Å². The molecule has 1 aliphatic rings. The van der Waals surface area contributed by atoms with E-state index in [1.165, 1.54) is 0 Å². The number of morpholine rings is 1. The van der Waals surface area contributed by atoms with Crippen molar-refractivity contribution in [2.45, 2.75) is 25.7 Å². The first kappa shape index (κ1) is 17.5. The van der Waals surface area contributed by atoms with E-state index in [1.807, 2.05) is 24.7 Å². The lowest BCUT2D eigenvalue weighted by atomic mass is 10.2. The van der Waals surface area contributed by atoms with Crippen molar-refractivity contribution in [2.24, 2.45) is 7.05 Å². The number of hydrogen-bond acceptors (Lipinski definition) is 4. The summed E-state index contributed by atoms with van der Waals surface area (Å²) < 4.78 is 46.3. The van der Waals surface area contributed by atoms with Crippen LogP contribution in [0.5, 0.6) is 0 Å². The maximum absolute atomic E-state index is 12.6. The molecule has 136 valence electrons. The lowest BCUT2D eigenvalue weighted by Gasteiger charge is -2.32. The van der Waals surface area contributed by atoms with Gasteiger partial charge in [0.25, 0.3) is 0 Å². The Balaban J connectivity index is 1.66. The van der Waals surface area contributed by atoms with Crippen LogP contribution in [0.4, 0.5) is 13.2 Å². The predicted molar refractivity (Wildman–Crippen MR) is 80.4 cm³/mol. The Morgan fingerprint density at radius 3 is 2.80 bits per heavy atom. The van der Waals surface area contributed by atoms with E-state index in [0.717, 1.165) is 22.6 Å². The number of imidazole rings is 1. The number of hydrogen-bond donors (Lipinski definition) is 0. The molecule has 1 saturated heterocycles. The van der Waals surface area contributed by atoms with E-state index in [-0.39, 0.29) is 18.6 Å². The van der Waals surface area contributed by atoms with Gasteiger partial charge in [-0.25, -0.2) is 4.98 Å². The summed E-state index contributed by atoms with van der Waals surface area (Å²) in [6.45, 7) is 2.64. The number of carbonyl (C=O) groups is 1. The molecule has 0 aromatic carbocycles. The number of alkyl halides is 3. The summed E-state index contributed by atoms with van der Waals surface area (Å²) in [6.07, 6.45) is -1.86. The summed E-state index contributed by atoms with van der Waals surface area (Å²) >= 11 is 0. The smallest absolute Gasteiger partial charge is 0.367 e. The highest BCUT2D eigenvalue weighted by atomic mass is 19.4. The van der Waals surface area contributed by atoms with Gasteiger partial charge in [-0.15, -0.1) is 0 Å². The van der Waals surface area contributed by atoms with Gasteiger partial charge in [0.05, 0.1) is 18.8 Å². The second-order valence-electron chi connectivity index (χ2n) is 5.95. The Bertz CT molecular complexity index is 768. The first-order valence-electron chi connectivity index (χ1n) is 7.74. The third-order valence-corrected chi connectivity index (χ3v) is 3.97. The molecule has 0 radical (unpaired) electrons. The second kappa shape index (κ2) is 6.51. The highest BCUT2D eigenvalue weighted by Crippen LogP contribution is 2.27. The van der Waals surface area contributed by atoms with Crippen LogP contribution in [-0.2, 0) is 29.3 Å². The number of halogens is 3. The van der Waals surface area contributed by atoms with Crippen molar-refractivity contribution in [3.8, 4) is 0 Å². The number of carbonyl (C=O) groups excluding carboxylic acids is 1. The number of amides is 1. The van der Waals surface area contributed by atoms with Gasteiger partial charge in [-0.2, -0.15) is 18.3 Å². The molecule has 0 aliphatic carbocycles. The average molecular weight is 357 g/mol. The van der Waals surface area contributed by atoms with Crippen LogP contribution in [0.25, 0.3) is 0 Å². The standard InChI is InChI=1S/C15H18F3N5O2/c1-10-7-21(2)14(19-10)11-8-22(5-6-25-11)13(24)9-23-4-3-12(20-23)15(16,17)18/h3-4,7,11H,5-6,8-9H2,1-2H3/t11-/m1/s1. The van der Waals surface area contributed by atoms with Crippen LogP contribution in [0, 0.1) is 6.92 Å². The molecular weight excluding hydrogens is 339 g/mol. The van der Waals surface area contributed by atoms with Gasteiger partial charge in [0.15, 0.2) is 5.69 Å². The van der Waals surface area contributed by atoms with Crippen LogP contribution in [0.3, 0.4) is 0 Å². The zero-order chi connectivity index (χ0) is 18.2. The lowest BCUT2D eigenvalue weighted by molar-refractivity contribution is -0.143. The van der Waals surface area contributed by atoms with Crippen LogP contribution in [-0.4, -0.2) is 49.8 Å². The van der Waals surface area contributed by atoms with Gasteiger partial charge < -0.3 is 14.2 Å². The quantitative estimate of drug-likeness (QED) is 0.836. The van der Waals surface area contributed by atoms with E-state index in [0.29, 0.717) is 25.5 Å². The van der Waals surface area contributed by atoms with Gasteiger partial charge in [0.1, 0.15) is 18.5 Å². The van der Waals surface area contributed by atoms with Crippen molar-refractivity contribution in [2.75, 3.05) is 19.7 Å². The molecule has 0 N–H and O–H groups in total. The zero-order valence-electron chi connectivity index (χ0n) is 13.8. The Morgan fingerprint density at radius 1 is 1.44 bits per heavy atom. The molecule has 3 rings (SSSR count). The molecule has 3 heterocycles. The molecule has 0 saturated carbocycles. The van der Waals surface area contributed by atoms with E-state index < -0.39 is 11.9 Å². The fourth-order valence-electron chi connectivity index (χ4n) is 2.81. The van der Waals surface area contributed by atoms with Crippen LogP contribution in [0.2, 0.25) is 0 Å². The van der Waals surface area contributed by atoms with Gasteiger partial charge in [-0.3, -0.25) is 9.48 Å². The van der Waals surface area contributed by atoms with Crippen LogP contribution < -0.4 is 0 Å². The molecule has 10 heteroatoms. The molecule has 1 aliphatic heterocycles. The van der Waals surface area contributed by atoms with Gasteiger partial charge in [-0.05, 0) is 13.0 Å². The molecule has 0 unspecified atom stereocenters. The van der Waals surface area contributed by atoms with E-state index >= 15 is 0 Å². The summed E-state index contributed by atoms with van der Waals surface area (Å²) in [5.74, 6) is 0.407. The number of aryl methyl sites for hydroxylation is 2. The Labute approximate surface area is 142 Å². The SMILES string of the molecule is Cc1cn(C)c([C@H]2CN(C(=O)Cn3ccc(C(F)(F)F)n3)CCO2)n1. The van der Waals surface area contributed by atoms with Gasteiger partial charge >= 0.3 is 6.18 Å². The first-order valence-corrected chi connectivity index (χ1v) is 7.74. The number of rotatable bonds is 3. The third kappa shape index (κ3) is 3.84. The Hall–Kier alpha value is -2.36. The van der Waals surface area contributed by atoms with Crippen molar-refractivity contribution in [1.29, 1.82) is 0 Å². The summed E-state index contributed by atoms with van der Waals surface area (Å²) in [5.41, 5.74) is -0.163. The maximum atomic E-state index is 12.6. The Kier molecular flexibility index (Phi) is 4.55. The van der Waals surface area contributed by atoms with E-state index in [9.17, 15) is 18.0 Å². The summed E-state index contributed by atoms with van der Waals surface area (Å²) in [5, 5.41) is 3.41.